The first-order valence-corrected chi connectivity index (χ1v) is 4.84. The summed E-state index contributed by atoms with van der Waals surface area (Å²) < 4.78 is 0. The highest BCUT2D eigenvalue weighted by molar-refractivity contribution is 5.94. The highest BCUT2D eigenvalue weighted by Gasteiger charge is 2.09. The maximum Gasteiger partial charge on any atom is 0.378 e. The van der Waals surface area contributed by atoms with E-state index < -0.39 is 0 Å². The van der Waals surface area contributed by atoms with Crippen molar-refractivity contribution in [3.8, 4) is 5.75 Å². The molecule has 3 heteroatoms. The van der Waals surface area contributed by atoms with Gasteiger partial charge in [-0.3, -0.25) is 0 Å². The van der Waals surface area contributed by atoms with Crippen LogP contribution in [0, 0.1) is 5.39 Å². The zero-order chi connectivity index (χ0) is 10.8. The van der Waals surface area contributed by atoms with Crippen molar-refractivity contribution < 1.29 is 5.11 Å². The number of fused-ring (bicyclic) bond motifs is 1. The fraction of sp³-hybridized carbons (Fsp3) is 0.167. The normalized spacial score (nSPS) is 10.1. The van der Waals surface area contributed by atoms with Crippen LogP contribution in [0.25, 0.3) is 15.7 Å². The van der Waals surface area contributed by atoms with Gasteiger partial charge < -0.3 is 5.11 Å². The molecule has 0 unspecified atom stereocenters. The first-order valence-electron chi connectivity index (χ1n) is 4.84. The molecule has 0 amide bonds. The van der Waals surface area contributed by atoms with Gasteiger partial charge in [-0.1, -0.05) is 25.1 Å². The quantitative estimate of drug-likeness (QED) is 0.661. The molecule has 2 aromatic rings. The third-order valence-corrected chi connectivity index (χ3v) is 2.57. The molecular formula is C12H10N2O. The molecule has 0 bridgehead atoms. The minimum atomic E-state index is -0.217. The Kier molecular flexibility index (Phi) is 2.26. The van der Waals surface area contributed by atoms with Gasteiger partial charge in [-0.15, -0.1) is 0 Å². The molecule has 0 aliphatic carbocycles. The van der Waals surface area contributed by atoms with Crippen molar-refractivity contribution in [1.29, 1.82) is 5.39 Å². The molecule has 0 saturated heterocycles. The molecule has 0 fully saturated rings. The van der Waals surface area contributed by atoms with Crippen LogP contribution in [0.2, 0.25) is 0 Å². The summed E-state index contributed by atoms with van der Waals surface area (Å²) in [4.78, 5) is 2.96. The Hall–Kier alpha value is -2.08. The fourth-order valence-corrected chi connectivity index (χ4v) is 1.77. The largest absolute Gasteiger partial charge is 0.867 e. The Bertz CT molecular complexity index is 555. The summed E-state index contributed by atoms with van der Waals surface area (Å²) in [6.45, 7) is 2.05. The average molecular weight is 198 g/mol. The standard InChI is InChI=1S/C12H10N2O/c1-2-8-4-3-5-10-9(8)6-7-11(14-13)12(10)15/h3-7H,2H2,1H3. The first kappa shape index (κ1) is 9.47. The predicted molar refractivity (Wildman–Crippen MR) is 57.5 cm³/mol. The molecule has 0 aliphatic heterocycles. The van der Waals surface area contributed by atoms with E-state index >= 15 is 0 Å². The van der Waals surface area contributed by atoms with Crippen LogP contribution >= 0.6 is 0 Å². The minimum Gasteiger partial charge on any atom is -0.867 e. The van der Waals surface area contributed by atoms with Crippen LogP contribution in [0.1, 0.15) is 12.5 Å². The third-order valence-electron chi connectivity index (χ3n) is 2.57. The zero-order valence-electron chi connectivity index (χ0n) is 8.40. The van der Waals surface area contributed by atoms with Crippen molar-refractivity contribution in [2.75, 3.05) is 0 Å². The van der Waals surface area contributed by atoms with E-state index in [1.807, 2.05) is 25.1 Å². The Morgan fingerprint density at radius 2 is 2.00 bits per heavy atom. The van der Waals surface area contributed by atoms with Gasteiger partial charge in [0.05, 0.1) is 0 Å². The van der Waals surface area contributed by atoms with E-state index in [1.165, 1.54) is 0 Å². The van der Waals surface area contributed by atoms with Crippen LogP contribution in [-0.4, -0.2) is 0 Å². The Balaban J connectivity index is 2.85. The van der Waals surface area contributed by atoms with Crippen LogP contribution in [0.5, 0.6) is 5.75 Å². The van der Waals surface area contributed by atoms with Gasteiger partial charge in [-0.05, 0) is 34.6 Å². The molecule has 0 N–H and O–H groups in total. The van der Waals surface area contributed by atoms with Crippen LogP contribution < -0.4 is 5.11 Å². The molecule has 0 saturated carbocycles. The summed E-state index contributed by atoms with van der Waals surface area (Å²) in [5.74, 6) is -0.217. The molecular weight excluding hydrogens is 188 g/mol. The molecule has 74 valence electrons. The van der Waals surface area contributed by atoms with Gasteiger partial charge in [0.15, 0.2) is 4.98 Å². The molecule has 2 rings (SSSR count). The molecule has 15 heavy (non-hydrogen) atoms. The van der Waals surface area contributed by atoms with Gasteiger partial charge in [0.25, 0.3) is 0 Å². The van der Waals surface area contributed by atoms with E-state index in [2.05, 4.69) is 4.98 Å². The minimum absolute atomic E-state index is 0.0933. The number of hydrogen-bond acceptors (Lipinski definition) is 2. The monoisotopic (exact) mass is 198 g/mol. The average Bonchev–Trinajstić information content (AvgIpc) is 2.29. The second-order valence-electron chi connectivity index (χ2n) is 3.38. The molecule has 0 aliphatic rings. The lowest BCUT2D eigenvalue weighted by atomic mass is 10.0. The summed E-state index contributed by atoms with van der Waals surface area (Å²) in [6, 6.07) is 8.97. The van der Waals surface area contributed by atoms with E-state index in [1.54, 1.807) is 12.1 Å². The second kappa shape index (κ2) is 3.58. The zero-order valence-corrected chi connectivity index (χ0v) is 8.40. The van der Waals surface area contributed by atoms with Crippen LogP contribution in [-0.2, 0) is 6.42 Å². The van der Waals surface area contributed by atoms with E-state index in [4.69, 9.17) is 5.39 Å². The highest BCUT2D eigenvalue weighted by atomic mass is 16.3. The highest BCUT2D eigenvalue weighted by Crippen LogP contribution is 2.33. The Labute approximate surface area is 87.6 Å². The Morgan fingerprint density at radius 1 is 1.20 bits per heavy atom. The van der Waals surface area contributed by atoms with Crippen molar-refractivity contribution in [1.82, 2.24) is 0 Å². The maximum absolute atomic E-state index is 11.8. The molecule has 0 radical (unpaired) electrons. The predicted octanol–water partition coefficient (Wildman–Crippen LogP) is 2.96. The van der Waals surface area contributed by atoms with E-state index in [-0.39, 0.29) is 11.4 Å². The van der Waals surface area contributed by atoms with Gasteiger partial charge in [0, 0.05) is 6.07 Å². The number of hydrogen-bond donors (Lipinski definition) is 0. The number of rotatable bonds is 1. The lowest BCUT2D eigenvalue weighted by Gasteiger charge is -2.09. The van der Waals surface area contributed by atoms with Crippen molar-refractivity contribution in [2.24, 2.45) is 0 Å². The lowest BCUT2D eigenvalue weighted by molar-refractivity contribution is -0.264. The van der Waals surface area contributed by atoms with E-state index in [0.29, 0.717) is 5.39 Å². The molecule has 0 aromatic heterocycles. The van der Waals surface area contributed by atoms with Gasteiger partial charge in [-0.2, -0.15) is 0 Å². The number of nitrogens with zero attached hydrogens (tertiary/aromatic N) is 2. The van der Waals surface area contributed by atoms with Gasteiger partial charge in [0.2, 0.25) is 5.39 Å². The van der Waals surface area contributed by atoms with Crippen molar-refractivity contribution >= 4 is 16.5 Å². The molecule has 2 aromatic carbocycles. The van der Waals surface area contributed by atoms with Gasteiger partial charge >= 0.3 is 5.69 Å². The first-order chi connectivity index (χ1) is 7.27. The van der Waals surface area contributed by atoms with E-state index in [9.17, 15) is 5.11 Å². The number of benzene rings is 2. The third kappa shape index (κ3) is 1.40. The second-order valence-corrected chi connectivity index (χ2v) is 3.38. The summed E-state index contributed by atoms with van der Waals surface area (Å²) >= 11 is 0. The summed E-state index contributed by atoms with van der Waals surface area (Å²) in [7, 11) is 0. The molecule has 0 heterocycles. The molecule has 0 atom stereocenters. The smallest absolute Gasteiger partial charge is 0.378 e. The summed E-state index contributed by atoms with van der Waals surface area (Å²) in [6.07, 6.45) is 0.881. The van der Waals surface area contributed by atoms with Crippen molar-refractivity contribution in [3.05, 3.63) is 40.9 Å². The SMILES string of the molecule is CCc1cccc2c([O-])c([N+]#N)ccc12. The van der Waals surface area contributed by atoms with Crippen LogP contribution in [0.4, 0.5) is 5.69 Å². The molecule has 0 spiro atoms. The summed E-state index contributed by atoms with van der Waals surface area (Å²) in [5, 5.41) is 22.0. The Morgan fingerprint density at radius 3 is 2.67 bits per heavy atom. The van der Waals surface area contributed by atoms with Gasteiger partial charge in [-0.25, -0.2) is 0 Å². The molecule has 3 nitrogen and oxygen atoms in total. The number of aryl methyl sites for hydroxylation is 1. The fourth-order valence-electron chi connectivity index (χ4n) is 1.77. The maximum atomic E-state index is 11.8. The van der Waals surface area contributed by atoms with E-state index in [0.717, 1.165) is 17.4 Å². The van der Waals surface area contributed by atoms with Gasteiger partial charge in [0.1, 0.15) is 0 Å². The van der Waals surface area contributed by atoms with Crippen LogP contribution in [0.15, 0.2) is 30.3 Å². The lowest BCUT2D eigenvalue weighted by Crippen LogP contribution is -1.93. The topological polar surface area (TPSA) is 51.2 Å². The summed E-state index contributed by atoms with van der Waals surface area (Å²) in [5.41, 5.74) is 1.23. The number of diazo groups is 1. The van der Waals surface area contributed by atoms with Crippen molar-refractivity contribution in [3.63, 3.8) is 0 Å². The van der Waals surface area contributed by atoms with Crippen LogP contribution in [0.3, 0.4) is 0 Å². The van der Waals surface area contributed by atoms with Crippen molar-refractivity contribution in [2.45, 2.75) is 13.3 Å².